The van der Waals surface area contributed by atoms with Gasteiger partial charge in [0.25, 0.3) is 0 Å². The third kappa shape index (κ3) is 4.69. The van der Waals surface area contributed by atoms with Crippen molar-refractivity contribution in [2.75, 3.05) is 11.9 Å². The molecule has 5 nitrogen and oxygen atoms in total. The van der Waals surface area contributed by atoms with Gasteiger partial charge in [-0.05, 0) is 55.0 Å². The number of benzene rings is 2. The molecule has 0 heterocycles. The van der Waals surface area contributed by atoms with Crippen molar-refractivity contribution in [3.05, 3.63) is 65.2 Å². The van der Waals surface area contributed by atoms with Crippen molar-refractivity contribution in [2.24, 2.45) is 10.2 Å². The van der Waals surface area contributed by atoms with Gasteiger partial charge in [-0.3, -0.25) is 4.79 Å². The first-order valence-corrected chi connectivity index (χ1v) is 8.72. The number of azo groups is 1. The molecule has 0 aliphatic carbocycles. The largest absolute Gasteiger partial charge is 0.393 e. The van der Waals surface area contributed by atoms with Crippen molar-refractivity contribution in [1.29, 1.82) is 0 Å². The predicted molar refractivity (Wildman–Crippen MR) is 106 cm³/mol. The molecule has 0 bridgehead atoms. The molecule has 26 heavy (non-hydrogen) atoms. The summed E-state index contributed by atoms with van der Waals surface area (Å²) in [5, 5.41) is 21.9. The van der Waals surface area contributed by atoms with Crippen molar-refractivity contribution >= 4 is 46.0 Å². The molecular formula is C19H19Cl2N3O2. The van der Waals surface area contributed by atoms with Gasteiger partial charge in [-0.2, -0.15) is 5.11 Å². The number of carbonyl (C=O) groups is 1. The first-order valence-electron chi connectivity index (χ1n) is 7.97. The molecule has 7 heteroatoms. The summed E-state index contributed by atoms with van der Waals surface area (Å²) in [6.45, 7) is 4.99. The summed E-state index contributed by atoms with van der Waals surface area (Å²) in [5.74, 6) is -0.261. The number of nitrogens with zero attached hydrogens (tertiary/aromatic N) is 2. The number of aliphatic hydroxyl groups is 1. The summed E-state index contributed by atoms with van der Waals surface area (Å²) in [6, 6.07) is 12.0. The normalized spacial score (nSPS) is 13.4. The molecule has 1 atom stereocenters. The zero-order valence-corrected chi connectivity index (χ0v) is 15.8. The number of nitrogens with one attached hydrogen (secondary N) is 1. The SMILES string of the molecule is C=CC(=O)C(CC)(CO)Nc1ccc(N=Nc2ccc(Cl)cc2Cl)cc1. The molecule has 1 unspecified atom stereocenters. The van der Waals surface area contributed by atoms with E-state index in [0.717, 1.165) is 0 Å². The van der Waals surface area contributed by atoms with E-state index in [4.69, 9.17) is 23.2 Å². The average molecular weight is 392 g/mol. The fourth-order valence-corrected chi connectivity index (χ4v) is 2.76. The molecule has 0 radical (unpaired) electrons. The van der Waals surface area contributed by atoms with Crippen molar-refractivity contribution < 1.29 is 9.90 Å². The Morgan fingerprint density at radius 3 is 2.46 bits per heavy atom. The van der Waals surface area contributed by atoms with Crippen LogP contribution in [0, 0.1) is 0 Å². The van der Waals surface area contributed by atoms with Gasteiger partial charge in [-0.1, -0.05) is 36.7 Å². The van der Waals surface area contributed by atoms with E-state index in [9.17, 15) is 9.90 Å². The maximum atomic E-state index is 12.1. The lowest BCUT2D eigenvalue weighted by atomic mass is 9.91. The molecule has 0 saturated carbocycles. The van der Waals surface area contributed by atoms with E-state index >= 15 is 0 Å². The van der Waals surface area contributed by atoms with Gasteiger partial charge in [0.2, 0.25) is 0 Å². The van der Waals surface area contributed by atoms with Crippen LogP contribution in [-0.4, -0.2) is 23.0 Å². The Hall–Kier alpha value is -2.21. The summed E-state index contributed by atoms with van der Waals surface area (Å²) in [7, 11) is 0. The standard InChI is InChI=1S/C19H19Cl2N3O2/c1-3-18(26)19(4-2,12-25)22-14-6-8-15(9-7-14)23-24-17-10-5-13(20)11-16(17)21/h3,5-11,22,25H,1,4,12H2,2H3. The van der Waals surface area contributed by atoms with Gasteiger partial charge in [0.1, 0.15) is 11.2 Å². The molecule has 0 aromatic heterocycles. The van der Waals surface area contributed by atoms with Crippen LogP contribution in [0.4, 0.5) is 17.1 Å². The minimum Gasteiger partial charge on any atom is -0.393 e. The van der Waals surface area contributed by atoms with Gasteiger partial charge in [0.15, 0.2) is 5.78 Å². The molecule has 2 N–H and O–H groups in total. The second-order valence-electron chi connectivity index (χ2n) is 5.63. The summed E-state index contributed by atoms with van der Waals surface area (Å²) >= 11 is 11.9. The van der Waals surface area contributed by atoms with Crippen LogP contribution < -0.4 is 5.32 Å². The van der Waals surface area contributed by atoms with Crippen molar-refractivity contribution in [1.82, 2.24) is 0 Å². The minimum absolute atomic E-state index is 0.261. The first-order chi connectivity index (χ1) is 12.4. The molecular weight excluding hydrogens is 373 g/mol. The van der Waals surface area contributed by atoms with E-state index in [1.165, 1.54) is 6.08 Å². The smallest absolute Gasteiger partial charge is 0.182 e. The molecule has 0 saturated heterocycles. The van der Waals surface area contributed by atoms with Gasteiger partial charge < -0.3 is 10.4 Å². The quantitative estimate of drug-likeness (QED) is 0.446. The summed E-state index contributed by atoms with van der Waals surface area (Å²) in [5.41, 5.74) is 0.726. The number of carbonyl (C=O) groups excluding carboxylic acids is 1. The third-order valence-electron chi connectivity index (χ3n) is 3.96. The van der Waals surface area contributed by atoms with Crippen molar-refractivity contribution in [2.45, 2.75) is 18.9 Å². The summed E-state index contributed by atoms with van der Waals surface area (Å²) < 4.78 is 0. The Balaban J connectivity index is 2.16. The number of hydrogen-bond acceptors (Lipinski definition) is 5. The molecule has 2 rings (SSSR count). The van der Waals surface area contributed by atoms with Crippen molar-refractivity contribution in [3.8, 4) is 0 Å². The number of ketones is 1. The zero-order valence-electron chi connectivity index (χ0n) is 14.2. The van der Waals surface area contributed by atoms with E-state index in [2.05, 4.69) is 22.1 Å². The fraction of sp³-hybridized carbons (Fsp3) is 0.211. The lowest BCUT2D eigenvalue weighted by Gasteiger charge is -2.30. The second kappa shape index (κ2) is 8.94. The van der Waals surface area contributed by atoms with Gasteiger partial charge in [-0.15, -0.1) is 5.11 Å². The van der Waals surface area contributed by atoms with E-state index < -0.39 is 5.54 Å². The van der Waals surface area contributed by atoms with Gasteiger partial charge >= 0.3 is 0 Å². The van der Waals surface area contributed by atoms with Crippen LogP contribution >= 0.6 is 23.2 Å². The maximum absolute atomic E-state index is 12.1. The number of aliphatic hydroxyl groups excluding tert-OH is 1. The molecule has 136 valence electrons. The third-order valence-corrected chi connectivity index (χ3v) is 4.50. The highest BCUT2D eigenvalue weighted by Crippen LogP contribution is 2.30. The van der Waals surface area contributed by atoms with Crippen LogP contribution in [0.3, 0.4) is 0 Å². The monoisotopic (exact) mass is 391 g/mol. The number of rotatable bonds is 8. The van der Waals surface area contributed by atoms with Crippen LogP contribution in [0.1, 0.15) is 13.3 Å². The molecule has 2 aromatic rings. The van der Waals surface area contributed by atoms with E-state index in [1.54, 1.807) is 42.5 Å². The molecule has 2 aromatic carbocycles. The molecule has 0 fully saturated rings. The number of anilines is 1. The highest BCUT2D eigenvalue weighted by molar-refractivity contribution is 6.36. The number of halogens is 2. The van der Waals surface area contributed by atoms with E-state index in [0.29, 0.717) is 33.5 Å². The van der Waals surface area contributed by atoms with E-state index in [-0.39, 0.29) is 12.4 Å². The minimum atomic E-state index is -1.08. The molecule has 0 aliphatic rings. The van der Waals surface area contributed by atoms with Crippen LogP contribution in [-0.2, 0) is 4.79 Å². The Bertz CT molecular complexity index is 816. The average Bonchev–Trinajstić information content (AvgIpc) is 2.66. The number of hydrogen-bond donors (Lipinski definition) is 2. The van der Waals surface area contributed by atoms with Gasteiger partial charge in [-0.25, -0.2) is 0 Å². The topological polar surface area (TPSA) is 74.0 Å². The van der Waals surface area contributed by atoms with Crippen LogP contribution in [0.5, 0.6) is 0 Å². The van der Waals surface area contributed by atoms with Crippen LogP contribution in [0.2, 0.25) is 10.0 Å². The Morgan fingerprint density at radius 1 is 1.23 bits per heavy atom. The zero-order chi connectivity index (χ0) is 19.2. The second-order valence-corrected chi connectivity index (χ2v) is 6.47. The Labute approximate surface area is 162 Å². The van der Waals surface area contributed by atoms with Gasteiger partial charge in [0.05, 0.1) is 17.3 Å². The maximum Gasteiger partial charge on any atom is 0.182 e. The highest BCUT2D eigenvalue weighted by atomic mass is 35.5. The van der Waals surface area contributed by atoms with Gasteiger partial charge in [0, 0.05) is 10.7 Å². The molecule has 0 aliphatic heterocycles. The van der Waals surface area contributed by atoms with Crippen LogP contribution in [0.15, 0.2) is 65.3 Å². The summed E-state index contributed by atoms with van der Waals surface area (Å²) in [6.07, 6.45) is 1.63. The Kier molecular flexibility index (Phi) is 6.91. The molecule has 0 spiro atoms. The highest BCUT2D eigenvalue weighted by Gasteiger charge is 2.33. The Morgan fingerprint density at radius 2 is 1.92 bits per heavy atom. The first kappa shape index (κ1) is 20.1. The lowest BCUT2D eigenvalue weighted by molar-refractivity contribution is -0.120. The van der Waals surface area contributed by atoms with E-state index in [1.807, 2.05) is 6.92 Å². The molecule has 0 amide bonds. The van der Waals surface area contributed by atoms with Crippen LogP contribution in [0.25, 0.3) is 0 Å². The summed E-state index contributed by atoms with van der Waals surface area (Å²) in [4.78, 5) is 12.1. The lowest BCUT2D eigenvalue weighted by Crippen LogP contribution is -2.48. The predicted octanol–water partition coefficient (Wildman–Crippen LogP) is 5.72. The fourth-order valence-electron chi connectivity index (χ4n) is 2.31. The van der Waals surface area contributed by atoms with Crippen molar-refractivity contribution in [3.63, 3.8) is 0 Å².